The van der Waals surface area contributed by atoms with E-state index in [0.29, 0.717) is 0 Å². The molecular weight excluding hydrogens is 208 g/mol. The third kappa shape index (κ3) is 2.52. The van der Waals surface area contributed by atoms with Gasteiger partial charge in [-0.15, -0.1) is 0 Å². The predicted octanol–water partition coefficient (Wildman–Crippen LogP) is 1.76. The van der Waals surface area contributed by atoms with Crippen LogP contribution in [-0.4, -0.2) is 29.6 Å². The fourth-order valence-corrected chi connectivity index (χ4v) is 2.53. The number of rotatable bonds is 4. The monoisotopic (exact) mass is 226 g/mol. The number of ether oxygens (including phenoxy) is 2. The molecule has 0 radical (unpaired) electrons. The van der Waals surface area contributed by atoms with Gasteiger partial charge in [-0.05, 0) is 30.4 Å². The van der Waals surface area contributed by atoms with Crippen LogP contribution in [0, 0.1) is 0 Å². The molecular formula is C11H18O3Si. The number of hydrogen-bond donors (Lipinski definition) is 0. The van der Waals surface area contributed by atoms with Crippen LogP contribution in [0.25, 0.3) is 0 Å². The molecule has 0 saturated carbocycles. The second kappa shape index (κ2) is 4.68. The molecule has 1 aromatic carbocycles. The third-order valence-corrected chi connectivity index (χ3v) is 5.31. The zero-order valence-electron chi connectivity index (χ0n) is 9.96. The summed E-state index contributed by atoms with van der Waals surface area (Å²) in [6.45, 7) is 4.29. The Kier molecular flexibility index (Phi) is 3.76. The maximum absolute atomic E-state index is 5.54. The first-order valence-corrected chi connectivity index (χ1v) is 7.73. The first-order chi connectivity index (χ1) is 7.05. The Labute approximate surface area is 92.1 Å². The summed E-state index contributed by atoms with van der Waals surface area (Å²) in [4.78, 5) is 0. The van der Waals surface area contributed by atoms with Crippen LogP contribution in [0.1, 0.15) is 0 Å². The maximum atomic E-state index is 5.54. The fraction of sp³-hybridized carbons (Fsp3) is 0.455. The van der Waals surface area contributed by atoms with Crippen molar-refractivity contribution in [3.63, 3.8) is 0 Å². The van der Waals surface area contributed by atoms with Crippen molar-refractivity contribution in [1.29, 1.82) is 0 Å². The Morgan fingerprint density at radius 1 is 0.933 bits per heavy atom. The predicted molar refractivity (Wildman–Crippen MR) is 63.7 cm³/mol. The van der Waals surface area contributed by atoms with Gasteiger partial charge in [0.2, 0.25) is 8.32 Å². The zero-order valence-corrected chi connectivity index (χ0v) is 11.0. The smallest absolute Gasteiger partial charge is 0.217 e. The van der Waals surface area contributed by atoms with Crippen molar-refractivity contribution in [2.75, 3.05) is 21.3 Å². The van der Waals surface area contributed by atoms with Crippen molar-refractivity contribution < 1.29 is 13.9 Å². The second-order valence-corrected chi connectivity index (χ2v) is 7.79. The molecule has 0 unspecified atom stereocenters. The van der Waals surface area contributed by atoms with E-state index in [4.69, 9.17) is 13.9 Å². The molecule has 0 fully saturated rings. The molecule has 3 nitrogen and oxygen atoms in total. The van der Waals surface area contributed by atoms with Crippen LogP contribution >= 0.6 is 0 Å². The highest BCUT2D eigenvalue weighted by Gasteiger charge is 2.24. The average molecular weight is 226 g/mol. The number of hydrogen-bond acceptors (Lipinski definition) is 3. The summed E-state index contributed by atoms with van der Waals surface area (Å²) in [7, 11) is 3.26. The van der Waals surface area contributed by atoms with Crippen LogP contribution in [0.5, 0.6) is 11.5 Å². The van der Waals surface area contributed by atoms with E-state index >= 15 is 0 Å². The van der Waals surface area contributed by atoms with E-state index in [1.165, 1.54) is 5.19 Å². The standard InChI is InChI=1S/C11H18O3Si/c1-12-10-7-6-9(8-11(10)13-2)15(4,5)14-3/h6-8H,1-5H3. The molecule has 0 aliphatic carbocycles. The Bertz CT molecular complexity index is 337. The molecule has 4 heteroatoms. The van der Waals surface area contributed by atoms with Crippen molar-refractivity contribution in [2.45, 2.75) is 13.1 Å². The molecule has 0 heterocycles. The Morgan fingerprint density at radius 2 is 1.53 bits per heavy atom. The molecule has 0 atom stereocenters. The Hall–Kier alpha value is -1.00. The van der Waals surface area contributed by atoms with Gasteiger partial charge in [-0.25, -0.2) is 0 Å². The van der Waals surface area contributed by atoms with E-state index in [1.807, 2.05) is 18.2 Å². The van der Waals surface area contributed by atoms with Gasteiger partial charge in [0.15, 0.2) is 11.5 Å². The van der Waals surface area contributed by atoms with Crippen LogP contribution in [0.4, 0.5) is 0 Å². The molecule has 0 bridgehead atoms. The van der Waals surface area contributed by atoms with Gasteiger partial charge in [-0.2, -0.15) is 0 Å². The van der Waals surface area contributed by atoms with Crippen LogP contribution < -0.4 is 14.7 Å². The fourth-order valence-electron chi connectivity index (χ4n) is 1.33. The summed E-state index contributed by atoms with van der Waals surface area (Å²) in [6, 6.07) is 5.95. The van der Waals surface area contributed by atoms with E-state index in [9.17, 15) is 0 Å². The third-order valence-electron chi connectivity index (χ3n) is 2.59. The quantitative estimate of drug-likeness (QED) is 0.732. The first kappa shape index (κ1) is 12.1. The maximum Gasteiger partial charge on any atom is 0.217 e. The van der Waals surface area contributed by atoms with Gasteiger partial charge in [0.25, 0.3) is 0 Å². The van der Waals surface area contributed by atoms with Gasteiger partial charge in [-0.1, -0.05) is 6.07 Å². The largest absolute Gasteiger partial charge is 0.493 e. The molecule has 0 N–H and O–H groups in total. The minimum Gasteiger partial charge on any atom is -0.493 e. The highest BCUT2D eigenvalue weighted by molar-refractivity contribution is 6.84. The summed E-state index contributed by atoms with van der Waals surface area (Å²) < 4.78 is 16.0. The molecule has 0 aromatic heterocycles. The van der Waals surface area contributed by atoms with Crippen LogP contribution in [0.3, 0.4) is 0 Å². The summed E-state index contributed by atoms with van der Waals surface area (Å²) in [6.07, 6.45) is 0. The molecule has 0 amide bonds. The highest BCUT2D eigenvalue weighted by Crippen LogP contribution is 2.25. The average Bonchev–Trinajstić information content (AvgIpc) is 2.28. The lowest BCUT2D eigenvalue weighted by Gasteiger charge is -2.21. The molecule has 15 heavy (non-hydrogen) atoms. The topological polar surface area (TPSA) is 27.7 Å². The van der Waals surface area contributed by atoms with Crippen molar-refractivity contribution in [3.8, 4) is 11.5 Å². The Morgan fingerprint density at radius 3 is 2.00 bits per heavy atom. The van der Waals surface area contributed by atoms with Gasteiger partial charge >= 0.3 is 0 Å². The minimum absolute atomic E-state index is 0.752. The van der Waals surface area contributed by atoms with E-state index < -0.39 is 8.32 Å². The highest BCUT2D eigenvalue weighted by atomic mass is 28.4. The molecule has 0 saturated heterocycles. The van der Waals surface area contributed by atoms with Crippen LogP contribution in [-0.2, 0) is 4.43 Å². The van der Waals surface area contributed by atoms with E-state index in [0.717, 1.165) is 11.5 Å². The van der Waals surface area contributed by atoms with Crippen molar-refractivity contribution >= 4 is 13.5 Å². The molecule has 84 valence electrons. The molecule has 0 aliphatic rings. The lowest BCUT2D eigenvalue weighted by molar-refractivity contribution is 0.355. The SMILES string of the molecule is COc1ccc([Si](C)(C)OC)cc1OC. The van der Waals surface area contributed by atoms with Gasteiger partial charge in [0.05, 0.1) is 14.2 Å². The Balaban J connectivity index is 3.13. The number of methoxy groups -OCH3 is 2. The van der Waals surface area contributed by atoms with Gasteiger partial charge in [-0.3, -0.25) is 0 Å². The first-order valence-electron chi connectivity index (χ1n) is 4.83. The van der Waals surface area contributed by atoms with E-state index in [2.05, 4.69) is 13.1 Å². The van der Waals surface area contributed by atoms with Gasteiger partial charge in [0, 0.05) is 7.11 Å². The minimum atomic E-state index is -1.77. The van der Waals surface area contributed by atoms with E-state index in [1.54, 1.807) is 21.3 Å². The normalized spacial score (nSPS) is 11.3. The summed E-state index contributed by atoms with van der Waals surface area (Å²) in [5.74, 6) is 1.51. The molecule has 1 rings (SSSR count). The van der Waals surface area contributed by atoms with Gasteiger partial charge in [0.1, 0.15) is 0 Å². The molecule has 1 aromatic rings. The summed E-state index contributed by atoms with van der Waals surface area (Å²) in [5.41, 5.74) is 0. The lowest BCUT2D eigenvalue weighted by atomic mass is 10.3. The van der Waals surface area contributed by atoms with Crippen LogP contribution in [0.15, 0.2) is 18.2 Å². The zero-order chi connectivity index (χ0) is 11.5. The second-order valence-electron chi connectivity index (χ2n) is 3.78. The van der Waals surface area contributed by atoms with Crippen molar-refractivity contribution in [3.05, 3.63) is 18.2 Å². The number of benzene rings is 1. The molecule has 0 spiro atoms. The van der Waals surface area contributed by atoms with Gasteiger partial charge < -0.3 is 13.9 Å². The lowest BCUT2D eigenvalue weighted by Crippen LogP contribution is -2.43. The molecule has 0 aliphatic heterocycles. The van der Waals surface area contributed by atoms with Crippen molar-refractivity contribution in [2.24, 2.45) is 0 Å². The summed E-state index contributed by atoms with van der Waals surface area (Å²) in [5, 5.41) is 1.20. The van der Waals surface area contributed by atoms with Crippen LogP contribution in [0.2, 0.25) is 13.1 Å². The summed E-state index contributed by atoms with van der Waals surface area (Å²) >= 11 is 0. The van der Waals surface area contributed by atoms with Crippen molar-refractivity contribution in [1.82, 2.24) is 0 Å². The van der Waals surface area contributed by atoms with E-state index in [-0.39, 0.29) is 0 Å².